The first-order valence-electron chi connectivity index (χ1n) is 10.5. The van der Waals surface area contributed by atoms with Crippen LogP contribution in [0.5, 0.6) is 17.2 Å². The van der Waals surface area contributed by atoms with E-state index < -0.39 is 17.7 Å². The van der Waals surface area contributed by atoms with Gasteiger partial charge in [-0.2, -0.15) is 0 Å². The minimum Gasteiger partial charge on any atom is -0.507 e. The third-order valence-corrected chi connectivity index (χ3v) is 5.68. The van der Waals surface area contributed by atoms with Gasteiger partial charge in [-0.3, -0.25) is 9.59 Å². The van der Waals surface area contributed by atoms with Crippen molar-refractivity contribution in [2.24, 2.45) is 0 Å². The highest BCUT2D eigenvalue weighted by Gasteiger charge is 2.47. The fourth-order valence-corrected chi connectivity index (χ4v) is 4.12. The normalized spacial score (nSPS) is 17.4. The van der Waals surface area contributed by atoms with Crippen molar-refractivity contribution in [1.82, 2.24) is 4.90 Å². The van der Waals surface area contributed by atoms with Gasteiger partial charge in [0.2, 0.25) is 0 Å². The van der Waals surface area contributed by atoms with Gasteiger partial charge in [0.25, 0.3) is 11.7 Å². The Labute approximate surface area is 193 Å². The maximum Gasteiger partial charge on any atom is 0.295 e. The molecule has 8 heteroatoms. The van der Waals surface area contributed by atoms with Gasteiger partial charge in [0.05, 0.1) is 32.9 Å². The van der Waals surface area contributed by atoms with Crippen LogP contribution in [-0.4, -0.2) is 63.3 Å². The molecule has 1 fully saturated rings. The molecule has 0 bridgehead atoms. The zero-order valence-corrected chi connectivity index (χ0v) is 19.5. The van der Waals surface area contributed by atoms with Crippen LogP contribution in [0, 0.1) is 6.92 Å². The number of carbonyl (C=O) groups is 2. The number of nitrogens with zero attached hydrogens (tertiary/aromatic N) is 1. The number of hydrogen-bond acceptors (Lipinski definition) is 7. The highest BCUT2D eigenvalue weighted by molar-refractivity contribution is 6.46. The number of methoxy groups -OCH3 is 4. The Morgan fingerprint density at radius 1 is 1.00 bits per heavy atom. The van der Waals surface area contributed by atoms with E-state index in [4.69, 9.17) is 18.9 Å². The lowest BCUT2D eigenvalue weighted by Crippen LogP contribution is -2.31. The number of aliphatic hydroxyl groups is 1. The largest absolute Gasteiger partial charge is 0.507 e. The van der Waals surface area contributed by atoms with E-state index in [-0.39, 0.29) is 17.9 Å². The lowest BCUT2D eigenvalue weighted by Gasteiger charge is -2.27. The number of likely N-dealkylation sites (tertiary alicyclic amines) is 1. The highest BCUT2D eigenvalue weighted by atomic mass is 16.5. The maximum atomic E-state index is 13.2. The van der Waals surface area contributed by atoms with Crippen LogP contribution in [0.1, 0.15) is 29.2 Å². The molecule has 1 amide bonds. The number of aryl methyl sites for hydroxylation is 1. The van der Waals surface area contributed by atoms with E-state index in [1.54, 1.807) is 50.6 Å². The number of ether oxygens (including phenoxy) is 4. The molecule has 2 aromatic rings. The highest BCUT2D eigenvalue weighted by Crippen LogP contribution is 2.45. The van der Waals surface area contributed by atoms with Crippen LogP contribution in [0.4, 0.5) is 0 Å². The lowest BCUT2D eigenvalue weighted by molar-refractivity contribution is -0.140. The van der Waals surface area contributed by atoms with Crippen LogP contribution in [-0.2, 0) is 14.3 Å². The number of benzene rings is 2. The van der Waals surface area contributed by atoms with Gasteiger partial charge in [-0.05, 0) is 43.2 Å². The molecule has 0 unspecified atom stereocenters. The average molecular weight is 456 g/mol. The van der Waals surface area contributed by atoms with Gasteiger partial charge in [-0.15, -0.1) is 0 Å². The quantitative estimate of drug-likeness (QED) is 0.268. The molecule has 0 saturated carbocycles. The first kappa shape index (κ1) is 24.1. The molecule has 0 aromatic heterocycles. The monoisotopic (exact) mass is 455 g/mol. The van der Waals surface area contributed by atoms with E-state index in [2.05, 4.69) is 0 Å². The Bertz CT molecular complexity index is 1080. The number of carbonyl (C=O) groups excluding carboxylic acids is 2. The third-order valence-electron chi connectivity index (χ3n) is 5.68. The van der Waals surface area contributed by atoms with E-state index in [9.17, 15) is 14.7 Å². The molecule has 1 saturated heterocycles. The molecule has 0 spiro atoms. The Hall–Kier alpha value is -3.52. The number of amides is 1. The van der Waals surface area contributed by atoms with Crippen molar-refractivity contribution in [2.45, 2.75) is 19.4 Å². The molecule has 1 aliphatic heterocycles. The summed E-state index contributed by atoms with van der Waals surface area (Å²) in [5.41, 5.74) is 1.73. The average Bonchev–Trinajstić information content (AvgIpc) is 3.07. The molecule has 1 aliphatic rings. The van der Waals surface area contributed by atoms with Gasteiger partial charge in [0, 0.05) is 31.4 Å². The molecule has 33 heavy (non-hydrogen) atoms. The predicted octanol–water partition coefficient (Wildman–Crippen LogP) is 3.48. The molecule has 1 heterocycles. The first-order valence-corrected chi connectivity index (χ1v) is 10.5. The van der Waals surface area contributed by atoms with Crippen molar-refractivity contribution >= 4 is 17.4 Å². The van der Waals surface area contributed by atoms with Crippen molar-refractivity contribution in [3.05, 3.63) is 58.7 Å². The SMILES string of the molecule is COCCCN1C(=O)C(=O)/C(=C(/O)c2ccc(OC)c(C)c2)[C@H]1c1cccc(OC)c1OC. The number of para-hydroxylation sites is 1. The van der Waals surface area contributed by atoms with E-state index in [0.29, 0.717) is 41.4 Å². The Kier molecular flexibility index (Phi) is 7.60. The van der Waals surface area contributed by atoms with Gasteiger partial charge in [-0.1, -0.05) is 12.1 Å². The van der Waals surface area contributed by atoms with E-state index in [1.807, 2.05) is 6.92 Å². The topological polar surface area (TPSA) is 94.5 Å². The summed E-state index contributed by atoms with van der Waals surface area (Å²) in [6.45, 7) is 2.52. The molecule has 176 valence electrons. The standard InChI is InChI=1S/C25H29NO7/c1-15-14-16(10-11-18(15)31-3)22(27)20-21(17-8-6-9-19(32-4)24(17)33-5)26(12-7-13-30-2)25(29)23(20)28/h6,8-11,14,21,27H,7,12-13H2,1-5H3/b22-20+/t21-/m1/s1. The van der Waals surface area contributed by atoms with Crippen LogP contribution >= 0.6 is 0 Å². The van der Waals surface area contributed by atoms with E-state index in [1.165, 1.54) is 19.1 Å². The predicted molar refractivity (Wildman–Crippen MR) is 123 cm³/mol. The summed E-state index contributed by atoms with van der Waals surface area (Å²) in [4.78, 5) is 27.7. The summed E-state index contributed by atoms with van der Waals surface area (Å²) in [5, 5.41) is 11.3. The van der Waals surface area contributed by atoms with E-state index in [0.717, 1.165) is 5.56 Å². The minimum atomic E-state index is -0.852. The fourth-order valence-electron chi connectivity index (χ4n) is 4.12. The molecule has 0 radical (unpaired) electrons. The number of aliphatic hydroxyl groups excluding tert-OH is 1. The minimum absolute atomic E-state index is 0.00598. The van der Waals surface area contributed by atoms with E-state index >= 15 is 0 Å². The maximum absolute atomic E-state index is 13.2. The molecular weight excluding hydrogens is 426 g/mol. The van der Waals surface area contributed by atoms with Crippen molar-refractivity contribution in [3.8, 4) is 17.2 Å². The van der Waals surface area contributed by atoms with Crippen molar-refractivity contribution in [1.29, 1.82) is 0 Å². The zero-order chi connectivity index (χ0) is 24.1. The van der Waals surface area contributed by atoms with Crippen molar-refractivity contribution in [2.75, 3.05) is 41.6 Å². The molecule has 1 atom stereocenters. The second-order valence-electron chi connectivity index (χ2n) is 7.61. The molecule has 2 aromatic carbocycles. The number of ketones is 1. The summed E-state index contributed by atoms with van der Waals surface area (Å²) in [7, 11) is 6.13. The first-order chi connectivity index (χ1) is 15.9. The van der Waals surface area contributed by atoms with Crippen LogP contribution < -0.4 is 14.2 Å². The van der Waals surface area contributed by atoms with Crippen molar-refractivity contribution < 1.29 is 33.6 Å². The van der Waals surface area contributed by atoms with Gasteiger partial charge < -0.3 is 29.0 Å². The molecular formula is C25H29NO7. The Morgan fingerprint density at radius 2 is 1.73 bits per heavy atom. The van der Waals surface area contributed by atoms with Crippen LogP contribution in [0.3, 0.4) is 0 Å². The van der Waals surface area contributed by atoms with Crippen LogP contribution in [0.15, 0.2) is 42.0 Å². The summed E-state index contributed by atoms with van der Waals surface area (Å²) in [5.74, 6) is -0.208. The number of hydrogen-bond donors (Lipinski definition) is 1. The molecule has 1 N–H and O–H groups in total. The van der Waals surface area contributed by atoms with Gasteiger partial charge >= 0.3 is 0 Å². The Balaban J connectivity index is 2.22. The van der Waals surface area contributed by atoms with Gasteiger partial charge in [0.15, 0.2) is 11.5 Å². The van der Waals surface area contributed by atoms with Crippen molar-refractivity contribution in [3.63, 3.8) is 0 Å². The number of Topliss-reactive ketones (excluding diaryl/α,β-unsaturated/α-hetero) is 1. The molecule has 3 rings (SSSR count). The second kappa shape index (κ2) is 10.4. The summed E-state index contributed by atoms with van der Waals surface area (Å²) >= 11 is 0. The third kappa shape index (κ3) is 4.52. The Morgan fingerprint density at radius 3 is 2.33 bits per heavy atom. The second-order valence-corrected chi connectivity index (χ2v) is 7.61. The molecule has 8 nitrogen and oxygen atoms in total. The summed E-state index contributed by atoms with van der Waals surface area (Å²) in [6, 6.07) is 9.46. The smallest absolute Gasteiger partial charge is 0.295 e. The van der Waals surface area contributed by atoms with Crippen LogP contribution in [0.2, 0.25) is 0 Å². The fraction of sp³-hybridized carbons (Fsp3) is 0.360. The van der Waals surface area contributed by atoms with Gasteiger partial charge in [-0.25, -0.2) is 0 Å². The zero-order valence-electron chi connectivity index (χ0n) is 19.5. The van der Waals surface area contributed by atoms with Crippen LogP contribution in [0.25, 0.3) is 5.76 Å². The van der Waals surface area contributed by atoms with Gasteiger partial charge in [0.1, 0.15) is 11.5 Å². The summed E-state index contributed by atoms with van der Waals surface area (Å²) < 4.78 is 21.4. The summed E-state index contributed by atoms with van der Waals surface area (Å²) in [6.07, 6.45) is 0.522. The number of rotatable bonds is 9. The molecule has 0 aliphatic carbocycles. The lowest BCUT2D eigenvalue weighted by atomic mass is 9.94.